The molecule has 2 aliphatic carbocycles. The Hall–Kier alpha value is -6.78. The average molecular weight is 981 g/mol. The van der Waals surface area contributed by atoms with Gasteiger partial charge in [0.1, 0.15) is 11.2 Å². The third kappa shape index (κ3) is 6.86. The summed E-state index contributed by atoms with van der Waals surface area (Å²) in [7, 11) is 0. The summed E-state index contributed by atoms with van der Waals surface area (Å²) in [6, 6.07) is 56.7. The molecule has 0 radical (unpaired) electrons. The Kier molecular flexibility index (Phi) is 10.0. The molecular formula is C71H73BN2O. The van der Waals surface area contributed by atoms with E-state index in [4.69, 9.17) is 4.42 Å². The van der Waals surface area contributed by atoms with Gasteiger partial charge in [-0.1, -0.05) is 194 Å². The van der Waals surface area contributed by atoms with Crippen LogP contribution in [0, 0.1) is 6.92 Å². The van der Waals surface area contributed by atoms with E-state index in [1.807, 2.05) is 0 Å². The van der Waals surface area contributed by atoms with Crippen LogP contribution in [0.3, 0.4) is 0 Å². The third-order valence-electron chi connectivity index (χ3n) is 18.8. The minimum Gasteiger partial charge on any atom is -0.456 e. The Balaban J connectivity index is 1.24. The van der Waals surface area contributed by atoms with Gasteiger partial charge in [-0.2, -0.15) is 0 Å². The van der Waals surface area contributed by atoms with Crippen molar-refractivity contribution in [2.75, 3.05) is 9.71 Å². The Labute approximate surface area is 447 Å². The monoisotopic (exact) mass is 981 g/mol. The number of aryl methyl sites for hydroxylation is 1. The maximum Gasteiger partial charge on any atom is 0.333 e. The van der Waals surface area contributed by atoms with Crippen molar-refractivity contribution in [1.29, 1.82) is 0 Å². The molecule has 0 atom stereocenters. The van der Waals surface area contributed by atoms with Gasteiger partial charge >= 0.3 is 6.85 Å². The van der Waals surface area contributed by atoms with E-state index in [1.54, 1.807) is 0 Å². The van der Waals surface area contributed by atoms with Crippen LogP contribution in [0.15, 0.2) is 150 Å². The topological polar surface area (TPSA) is 19.6 Å². The highest BCUT2D eigenvalue weighted by atomic mass is 16.3. The number of anilines is 5. The summed E-state index contributed by atoms with van der Waals surface area (Å²) in [6.07, 6.45) is 2.33. The quantitative estimate of drug-likeness (QED) is 0.165. The van der Waals surface area contributed by atoms with Crippen LogP contribution in [0.4, 0.5) is 28.4 Å². The van der Waals surface area contributed by atoms with E-state index in [0.717, 1.165) is 28.4 Å². The first-order chi connectivity index (χ1) is 35.4. The number of furan rings is 1. The number of fused-ring (bicyclic) bond motifs is 11. The molecule has 0 spiro atoms. The Morgan fingerprint density at radius 3 is 1.72 bits per heavy atom. The first-order valence-corrected chi connectivity index (χ1v) is 27.7. The molecule has 9 aromatic rings. The number of para-hydroxylation sites is 1. The zero-order valence-corrected chi connectivity index (χ0v) is 47.2. The van der Waals surface area contributed by atoms with Crippen LogP contribution in [0.1, 0.15) is 160 Å². The summed E-state index contributed by atoms with van der Waals surface area (Å²) in [5.74, 6) is 0. The SMILES string of the molecule is Cc1cc2c(cc1N1c3cc4c(cc3B3c5c(cc(C(C)(C)C)cc51)-c1ccc5oc6ccccc6c5c1N3c1ccc(C(C)(C)C)cc1-c1ccccc1)C(C)(C)c1ccccc1C4(C)C)C(C)(C)CCC2(C)C. The highest BCUT2D eigenvalue weighted by molar-refractivity contribution is 6.94. The lowest BCUT2D eigenvalue weighted by atomic mass is 9.42. The Morgan fingerprint density at radius 1 is 0.467 bits per heavy atom. The van der Waals surface area contributed by atoms with Gasteiger partial charge in [-0.25, -0.2) is 0 Å². The van der Waals surface area contributed by atoms with Gasteiger partial charge in [0.25, 0.3) is 0 Å². The van der Waals surface area contributed by atoms with Crippen molar-refractivity contribution >= 4 is 68.1 Å². The van der Waals surface area contributed by atoms with Crippen LogP contribution in [0.25, 0.3) is 44.2 Å². The van der Waals surface area contributed by atoms with Crippen LogP contribution in [0.2, 0.25) is 0 Å². The van der Waals surface area contributed by atoms with Crippen molar-refractivity contribution in [2.45, 2.75) is 149 Å². The number of hydrogen-bond donors (Lipinski definition) is 0. The first-order valence-electron chi connectivity index (χ1n) is 27.7. The molecule has 13 rings (SSSR count). The molecule has 0 fully saturated rings. The molecule has 4 heteroatoms. The van der Waals surface area contributed by atoms with Crippen molar-refractivity contribution in [3.63, 3.8) is 0 Å². The van der Waals surface area contributed by atoms with Gasteiger partial charge in [0.15, 0.2) is 0 Å². The summed E-state index contributed by atoms with van der Waals surface area (Å²) in [5.41, 5.74) is 27.5. The standard InChI is InChI=1S/C71H73BN2O/c1-42-35-52-53(69(10,11)34-33-68(52,8)9)40-58(42)73-59-41-55-54(70(12,13)50-26-20-21-27-51(50)71(55,14)15)39-56(59)72-64-49(37-45(38-60(64)73)67(5,6)7)46-30-32-62-63(47-25-19-22-28-61(47)75-62)65(46)74(72)57-31-29-44(66(2,3)4)36-48(57)43-23-17-16-18-24-43/h16-32,35-41H,33-34H2,1-15H3. The van der Waals surface area contributed by atoms with Gasteiger partial charge in [-0.15, -0.1) is 0 Å². The molecule has 0 bridgehead atoms. The fourth-order valence-corrected chi connectivity index (χ4v) is 14.2. The average Bonchev–Trinajstić information content (AvgIpc) is 3.78. The molecule has 2 aliphatic heterocycles. The molecule has 376 valence electrons. The van der Waals surface area contributed by atoms with Gasteiger partial charge in [0, 0.05) is 55.8 Å². The van der Waals surface area contributed by atoms with E-state index in [-0.39, 0.29) is 39.3 Å². The van der Waals surface area contributed by atoms with E-state index in [9.17, 15) is 0 Å². The Bertz CT molecular complexity index is 3890. The fraction of sp³-hybridized carbons (Fsp3) is 0.324. The zero-order chi connectivity index (χ0) is 52.7. The van der Waals surface area contributed by atoms with Gasteiger partial charge in [0.05, 0.1) is 5.39 Å². The molecule has 8 aromatic carbocycles. The molecule has 75 heavy (non-hydrogen) atoms. The number of benzene rings is 8. The normalized spacial score (nSPS) is 17.5. The Morgan fingerprint density at radius 2 is 1.05 bits per heavy atom. The highest BCUT2D eigenvalue weighted by Gasteiger charge is 2.51. The van der Waals surface area contributed by atoms with Gasteiger partial charge in [-0.3, -0.25) is 0 Å². The van der Waals surface area contributed by atoms with Crippen molar-refractivity contribution in [3.05, 3.63) is 196 Å². The molecule has 0 amide bonds. The van der Waals surface area contributed by atoms with Crippen molar-refractivity contribution < 1.29 is 4.42 Å². The number of nitrogens with zero attached hydrogens (tertiary/aromatic N) is 2. The van der Waals surface area contributed by atoms with Gasteiger partial charge in [-0.05, 0) is 162 Å². The van der Waals surface area contributed by atoms with Gasteiger partial charge < -0.3 is 14.1 Å². The smallest absolute Gasteiger partial charge is 0.333 e. The number of hydrogen-bond acceptors (Lipinski definition) is 3. The van der Waals surface area contributed by atoms with E-state index < -0.39 is 0 Å². The summed E-state index contributed by atoms with van der Waals surface area (Å²) in [6.45, 7) is 36.1. The molecule has 0 saturated heterocycles. The minimum absolute atomic E-state index is 0.0221. The van der Waals surface area contributed by atoms with E-state index in [2.05, 4.69) is 259 Å². The fourth-order valence-electron chi connectivity index (χ4n) is 14.2. The van der Waals surface area contributed by atoms with E-state index >= 15 is 0 Å². The van der Waals surface area contributed by atoms with Crippen LogP contribution in [-0.2, 0) is 32.5 Å². The van der Waals surface area contributed by atoms with Gasteiger partial charge in [0.2, 0.25) is 0 Å². The lowest BCUT2D eigenvalue weighted by Crippen LogP contribution is -2.62. The summed E-state index contributed by atoms with van der Waals surface area (Å²) >= 11 is 0. The second-order valence-corrected chi connectivity index (χ2v) is 27.3. The molecular weight excluding hydrogens is 908 g/mol. The van der Waals surface area contributed by atoms with Crippen LogP contribution < -0.4 is 20.6 Å². The molecule has 1 aromatic heterocycles. The predicted octanol–water partition coefficient (Wildman–Crippen LogP) is 18.2. The second-order valence-electron chi connectivity index (χ2n) is 27.3. The molecule has 0 saturated carbocycles. The molecule has 3 heterocycles. The highest BCUT2D eigenvalue weighted by Crippen LogP contribution is 2.57. The lowest BCUT2D eigenvalue weighted by Gasteiger charge is -2.50. The largest absolute Gasteiger partial charge is 0.456 e. The second kappa shape index (κ2) is 15.7. The van der Waals surface area contributed by atoms with Crippen molar-refractivity contribution in [3.8, 4) is 22.3 Å². The van der Waals surface area contributed by atoms with Crippen LogP contribution in [-0.4, -0.2) is 6.85 Å². The summed E-state index contributed by atoms with van der Waals surface area (Å²) in [5, 5.41) is 2.29. The summed E-state index contributed by atoms with van der Waals surface area (Å²) < 4.78 is 6.91. The third-order valence-corrected chi connectivity index (χ3v) is 18.8. The summed E-state index contributed by atoms with van der Waals surface area (Å²) in [4.78, 5) is 5.52. The van der Waals surface area contributed by atoms with Crippen molar-refractivity contribution in [2.24, 2.45) is 0 Å². The maximum absolute atomic E-state index is 6.91. The maximum atomic E-state index is 6.91. The first kappa shape index (κ1) is 47.9. The van der Waals surface area contributed by atoms with E-state index in [0.29, 0.717) is 0 Å². The predicted molar refractivity (Wildman–Crippen MR) is 321 cm³/mol. The molecule has 0 unspecified atom stereocenters. The lowest BCUT2D eigenvalue weighted by molar-refractivity contribution is 0.332. The minimum atomic E-state index is -0.271. The van der Waals surface area contributed by atoms with Crippen LogP contribution >= 0.6 is 0 Å². The molecule has 0 N–H and O–H groups in total. The zero-order valence-electron chi connectivity index (χ0n) is 47.2. The van der Waals surface area contributed by atoms with Crippen LogP contribution in [0.5, 0.6) is 0 Å². The molecule has 4 aliphatic rings. The van der Waals surface area contributed by atoms with E-state index in [1.165, 1.54) is 118 Å². The van der Waals surface area contributed by atoms with Crippen molar-refractivity contribution in [1.82, 2.24) is 0 Å². The number of rotatable bonds is 3. The molecule has 3 nitrogen and oxygen atoms in total.